The van der Waals surface area contributed by atoms with Gasteiger partial charge in [-0.2, -0.15) is 0 Å². The van der Waals surface area contributed by atoms with Crippen LogP contribution >= 0.6 is 39.1 Å². The van der Waals surface area contributed by atoms with Crippen LogP contribution in [0.15, 0.2) is 40.9 Å². The Bertz CT molecular complexity index is 590. The fraction of sp³-hybridized carbons (Fsp3) is 0.143. The van der Waals surface area contributed by atoms with E-state index in [9.17, 15) is 0 Å². The number of anilines is 1. The molecule has 5 heteroatoms. The lowest BCUT2D eigenvalue weighted by atomic mass is 10.2. The minimum Gasteiger partial charge on any atom is -0.495 e. The molecule has 2 rings (SSSR count). The third-order valence-electron chi connectivity index (χ3n) is 2.64. The standard InChI is InChI=1S/C14H12BrCl2NO/c1-19-14-7-11(3-5-13(14)17)18-8-9-6-10(15)2-4-12(9)16/h2-7,18H,8H2,1H3. The minimum atomic E-state index is 0.591. The van der Waals surface area contributed by atoms with E-state index in [0.717, 1.165) is 20.7 Å². The maximum Gasteiger partial charge on any atom is 0.139 e. The molecule has 0 unspecified atom stereocenters. The summed E-state index contributed by atoms with van der Waals surface area (Å²) in [6.07, 6.45) is 0. The van der Waals surface area contributed by atoms with E-state index in [2.05, 4.69) is 21.2 Å². The van der Waals surface area contributed by atoms with E-state index in [1.807, 2.05) is 30.3 Å². The summed E-state index contributed by atoms with van der Waals surface area (Å²) in [6.45, 7) is 0.628. The van der Waals surface area contributed by atoms with E-state index >= 15 is 0 Å². The molecule has 2 aromatic rings. The third kappa shape index (κ3) is 3.78. The second-order valence-corrected chi connectivity index (χ2v) is 5.67. The molecule has 0 radical (unpaired) electrons. The van der Waals surface area contributed by atoms with Crippen molar-refractivity contribution < 1.29 is 4.74 Å². The maximum atomic E-state index is 6.14. The molecule has 0 spiro atoms. The van der Waals surface area contributed by atoms with Gasteiger partial charge in [0.2, 0.25) is 0 Å². The van der Waals surface area contributed by atoms with Crippen molar-refractivity contribution in [3.05, 3.63) is 56.5 Å². The maximum absolute atomic E-state index is 6.14. The third-order valence-corrected chi connectivity index (χ3v) is 3.82. The van der Waals surface area contributed by atoms with Crippen LogP contribution in [0.1, 0.15) is 5.56 Å². The largest absolute Gasteiger partial charge is 0.495 e. The molecule has 1 N–H and O–H groups in total. The van der Waals surface area contributed by atoms with Gasteiger partial charge in [0, 0.05) is 27.8 Å². The SMILES string of the molecule is COc1cc(NCc2cc(Br)ccc2Cl)ccc1Cl. The van der Waals surface area contributed by atoms with E-state index in [-0.39, 0.29) is 0 Å². The molecule has 2 nitrogen and oxygen atoms in total. The van der Waals surface area contributed by atoms with Gasteiger partial charge in [0.15, 0.2) is 0 Å². The lowest BCUT2D eigenvalue weighted by Gasteiger charge is -2.10. The number of halogens is 3. The van der Waals surface area contributed by atoms with Gasteiger partial charge in [-0.05, 0) is 35.9 Å². The first-order chi connectivity index (χ1) is 9.10. The average molecular weight is 361 g/mol. The summed E-state index contributed by atoms with van der Waals surface area (Å²) in [5.74, 6) is 0.645. The lowest BCUT2D eigenvalue weighted by Crippen LogP contribution is -2.00. The van der Waals surface area contributed by atoms with E-state index in [1.54, 1.807) is 13.2 Å². The van der Waals surface area contributed by atoms with Gasteiger partial charge in [-0.3, -0.25) is 0 Å². The normalized spacial score (nSPS) is 10.3. The Morgan fingerprint density at radius 1 is 1.11 bits per heavy atom. The van der Waals surface area contributed by atoms with Crippen molar-refractivity contribution in [2.45, 2.75) is 6.54 Å². The van der Waals surface area contributed by atoms with Crippen LogP contribution in [-0.2, 0) is 6.54 Å². The van der Waals surface area contributed by atoms with E-state index in [1.165, 1.54) is 0 Å². The van der Waals surface area contributed by atoms with Crippen LogP contribution in [0.4, 0.5) is 5.69 Å². The summed E-state index contributed by atoms with van der Waals surface area (Å²) < 4.78 is 6.18. The van der Waals surface area contributed by atoms with Crippen molar-refractivity contribution in [2.75, 3.05) is 12.4 Å². The molecular formula is C14H12BrCl2NO. The quantitative estimate of drug-likeness (QED) is 0.790. The molecule has 0 aliphatic rings. The molecule has 0 aromatic heterocycles. The van der Waals surface area contributed by atoms with E-state index < -0.39 is 0 Å². The van der Waals surface area contributed by atoms with Crippen LogP contribution in [0.5, 0.6) is 5.75 Å². The first-order valence-electron chi connectivity index (χ1n) is 5.61. The lowest BCUT2D eigenvalue weighted by molar-refractivity contribution is 0.415. The Morgan fingerprint density at radius 3 is 2.58 bits per heavy atom. The molecule has 0 amide bonds. The zero-order chi connectivity index (χ0) is 13.8. The number of nitrogens with one attached hydrogen (secondary N) is 1. The molecule has 0 bridgehead atoms. The van der Waals surface area contributed by atoms with E-state index in [4.69, 9.17) is 27.9 Å². The van der Waals surface area contributed by atoms with Crippen molar-refractivity contribution in [3.63, 3.8) is 0 Å². The predicted octanol–water partition coefficient (Wildman–Crippen LogP) is 5.38. The number of methoxy groups -OCH3 is 1. The molecule has 0 atom stereocenters. The highest BCUT2D eigenvalue weighted by Gasteiger charge is 2.04. The van der Waals surface area contributed by atoms with Crippen molar-refractivity contribution in [1.82, 2.24) is 0 Å². The Hall–Kier alpha value is -0.900. The Labute approximate surface area is 130 Å². The Balaban J connectivity index is 2.12. The van der Waals surface area contributed by atoms with Crippen LogP contribution < -0.4 is 10.1 Å². The molecule has 0 aliphatic heterocycles. The first kappa shape index (κ1) is 14.5. The highest BCUT2D eigenvalue weighted by Crippen LogP contribution is 2.28. The summed E-state index contributed by atoms with van der Waals surface area (Å²) in [4.78, 5) is 0. The highest BCUT2D eigenvalue weighted by atomic mass is 79.9. The summed E-state index contributed by atoms with van der Waals surface area (Å²) in [6, 6.07) is 11.3. The van der Waals surface area contributed by atoms with Gasteiger partial charge in [0.25, 0.3) is 0 Å². The summed E-state index contributed by atoms with van der Waals surface area (Å²) >= 11 is 15.6. The minimum absolute atomic E-state index is 0.591. The fourth-order valence-corrected chi connectivity index (χ4v) is 2.43. The number of rotatable bonds is 4. The van der Waals surface area contributed by atoms with E-state index in [0.29, 0.717) is 17.3 Å². The van der Waals surface area contributed by atoms with Gasteiger partial charge in [-0.1, -0.05) is 39.1 Å². The zero-order valence-electron chi connectivity index (χ0n) is 10.2. The van der Waals surface area contributed by atoms with Crippen molar-refractivity contribution in [3.8, 4) is 5.75 Å². The molecular weight excluding hydrogens is 349 g/mol. The molecule has 2 aromatic carbocycles. The molecule has 0 saturated heterocycles. The topological polar surface area (TPSA) is 21.3 Å². The summed E-state index contributed by atoms with van der Waals surface area (Å²) in [5, 5.41) is 4.61. The van der Waals surface area contributed by atoms with Gasteiger partial charge in [0.1, 0.15) is 5.75 Å². The predicted molar refractivity (Wildman–Crippen MR) is 84.5 cm³/mol. The Morgan fingerprint density at radius 2 is 1.84 bits per heavy atom. The second kappa shape index (κ2) is 6.51. The highest BCUT2D eigenvalue weighted by molar-refractivity contribution is 9.10. The van der Waals surface area contributed by atoms with Gasteiger partial charge in [-0.15, -0.1) is 0 Å². The molecule has 0 aliphatic carbocycles. The second-order valence-electron chi connectivity index (χ2n) is 3.94. The molecule has 0 heterocycles. The van der Waals surface area contributed by atoms with Crippen molar-refractivity contribution >= 4 is 44.8 Å². The molecule has 19 heavy (non-hydrogen) atoms. The fourth-order valence-electron chi connectivity index (χ4n) is 1.65. The van der Waals surface area contributed by atoms with Gasteiger partial charge in [0.05, 0.1) is 12.1 Å². The number of benzene rings is 2. The van der Waals surface area contributed by atoms with Crippen LogP contribution in [-0.4, -0.2) is 7.11 Å². The van der Waals surface area contributed by atoms with Crippen molar-refractivity contribution in [1.29, 1.82) is 0 Å². The Kier molecular flexibility index (Phi) is 4.97. The smallest absolute Gasteiger partial charge is 0.139 e. The molecule has 0 fully saturated rings. The van der Waals surface area contributed by atoms with Crippen LogP contribution in [0, 0.1) is 0 Å². The first-order valence-corrected chi connectivity index (χ1v) is 7.16. The van der Waals surface area contributed by atoms with Gasteiger partial charge < -0.3 is 10.1 Å². The van der Waals surface area contributed by atoms with Crippen LogP contribution in [0.25, 0.3) is 0 Å². The molecule has 0 saturated carbocycles. The average Bonchev–Trinajstić information content (AvgIpc) is 2.41. The number of hydrogen-bond donors (Lipinski definition) is 1. The summed E-state index contributed by atoms with van der Waals surface area (Å²) in [5.41, 5.74) is 1.95. The van der Waals surface area contributed by atoms with Gasteiger partial charge >= 0.3 is 0 Å². The van der Waals surface area contributed by atoms with Gasteiger partial charge in [-0.25, -0.2) is 0 Å². The number of hydrogen-bond acceptors (Lipinski definition) is 2. The van der Waals surface area contributed by atoms with Crippen LogP contribution in [0.2, 0.25) is 10.0 Å². The monoisotopic (exact) mass is 359 g/mol. The summed E-state index contributed by atoms with van der Waals surface area (Å²) in [7, 11) is 1.59. The van der Waals surface area contributed by atoms with Crippen LogP contribution in [0.3, 0.4) is 0 Å². The van der Waals surface area contributed by atoms with Crippen molar-refractivity contribution in [2.24, 2.45) is 0 Å². The zero-order valence-corrected chi connectivity index (χ0v) is 13.3. The number of ether oxygens (including phenoxy) is 1. The molecule has 100 valence electrons.